The molecule has 5 nitrogen and oxygen atoms in total. The molecule has 0 heterocycles. The lowest BCUT2D eigenvalue weighted by Crippen LogP contribution is -2.36. The van der Waals surface area contributed by atoms with Crippen LogP contribution in [0.3, 0.4) is 0 Å². The summed E-state index contributed by atoms with van der Waals surface area (Å²) in [6.07, 6.45) is 2.98. The molecule has 0 saturated carbocycles. The number of ether oxygens (including phenoxy) is 1. The van der Waals surface area contributed by atoms with E-state index in [1.54, 1.807) is 11.0 Å². The molecule has 0 bridgehead atoms. The number of carbonyl (C=O) groups is 2. The van der Waals surface area contributed by atoms with Gasteiger partial charge in [-0.3, -0.25) is 9.59 Å². The third kappa shape index (κ3) is 6.10. The predicted octanol–water partition coefficient (Wildman–Crippen LogP) is 1.52. The van der Waals surface area contributed by atoms with Crippen LogP contribution in [0.1, 0.15) is 18.4 Å². The fourth-order valence-corrected chi connectivity index (χ4v) is 2.09. The third-order valence-corrected chi connectivity index (χ3v) is 3.39. The van der Waals surface area contributed by atoms with Gasteiger partial charge in [0.25, 0.3) is 0 Å². The zero-order valence-corrected chi connectivity index (χ0v) is 13.0. The van der Waals surface area contributed by atoms with Gasteiger partial charge in [0, 0.05) is 19.5 Å². The van der Waals surface area contributed by atoms with Crippen LogP contribution in [0.4, 0.5) is 0 Å². The molecule has 0 spiro atoms. The van der Waals surface area contributed by atoms with E-state index in [2.05, 4.69) is 11.3 Å². The predicted molar refractivity (Wildman–Crippen MR) is 86.1 cm³/mol. The summed E-state index contributed by atoms with van der Waals surface area (Å²) >= 11 is 0. The number of carbonyl (C=O) groups excluding carboxylic acids is 2. The summed E-state index contributed by atoms with van der Waals surface area (Å²) in [6, 6.07) is 9.22. The van der Waals surface area contributed by atoms with Crippen LogP contribution in [-0.2, 0) is 20.7 Å². The monoisotopic (exact) mass is 304 g/mol. The Kier molecular flexibility index (Phi) is 7.92. The minimum atomic E-state index is -0.756. The lowest BCUT2D eigenvalue weighted by atomic mass is 10.1. The molecule has 0 radical (unpaired) electrons. The molecule has 0 unspecified atom stereocenters. The first kappa shape index (κ1) is 17.9. The molecular weight excluding hydrogens is 280 g/mol. The highest BCUT2D eigenvalue weighted by molar-refractivity contribution is 5.79. The van der Waals surface area contributed by atoms with Crippen molar-refractivity contribution >= 4 is 11.9 Å². The summed E-state index contributed by atoms with van der Waals surface area (Å²) in [4.78, 5) is 25.2. The van der Waals surface area contributed by atoms with Crippen LogP contribution < -0.4 is 5.73 Å². The molecule has 1 rings (SSSR count). The van der Waals surface area contributed by atoms with Gasteiger partial charge in [0.1, 0.15) is 6.04 Å². The Morgan fingerprint density at radius 2 is 2.05 bits per heavy atom. The van der Waals surface area contributed by atoms with E-state index in [-0.39, 0.29) is 18.7 Å². The molecule has 5 heteroatoms. The summed E-state index contributed by atoms with van der Waals surface area (Å²) < 4.78 is 4.55. The molecule has 1 aromatic carbocycles. The zero-order chi connectivity index (χ0) is 16.4. The molecule has 0 aliphatic rings. The molecule has 0 fully saturated rings. The maximum absolute atomic E-state index is 12.2. The second kappa shape index (κ2) is 9.73. The van der Waals surface area contributed by atoms with Gasteiger partial charge < -0.3 is 15.4 Å². The van der Waals surface area contributed by atoms with Gasteiger partial charge in [-0.2, -0.15) is 0 Å². The van der Waals surface area contributed by atoms with E-state index in [1.807, 2.05) is 30.3 Å². The van der Waals surface area contributed by atoms with Gasteiger partial charge in [0.2, 0.25) is 5.91 Å². The Balaban J connectivity index is 2.49. The van der Waals surface area contributed by atoms with E-state index in [1.165, 1.54) is 12.7 Å². The van der Waals surface area contributed by atoms with Crippen LogP contribution in [0.2, 0.25) is 0 Å². The van der Waals surface area contributed by atoms with Crippen LogP contribution in [0.15, 0.2) is 43.0 Å². The number of amides is 1. The van der Waals surface area contributed by atoms with Crippen LogP contribution in [0.25, 0.3) is 0 Å². The van der Waals surface area contributed by atoms with E-state index >= 15 is 0 Å². The molecule has 0 aliphatic heterocycles. The smallest absolute Gasteiger partial charge is 0.322 e. The van der Waals surface area contributed by atoms with Gasteiger partial charge in [-0.15, -0.1) is 6.58 Å². The standard InChI is InChI=1S/C17H24N2O3/c1-3-12-19(13-11-14-7-5-4-6-8-14)16(20)10-9-15(18)17(21)22-2/h3-8,15H,1,9-13,18H2,2H3/t15-/m0/s1. The van der Waals surface area contributed by atoms with Crippen molar-refractivity contribution in [2.24, 2.45) is 5.73 Å². The quantitative estimate of drug-likeness (QED) is 0.554. The van der Waals surface area contributed by atoms with Gasteiger partial charge >= 0.3 is 5.97 Å². The molecule has 120 valence electrons. The second-order valence-electron chi connectivity index (χ2n) is 5.03. The normalized spacial score (nSPS) is 11.5. The fraction of sp³-hybridized carbons (Fsp3) is 0.412. The molecule has 1 amide bonds. The minimum absolute atomic E-state index is 0.0322. The average molecular weight is 304 g/mol. The van der Waals surface area contributed by atoms with Gasteiger partial charge in [0.05, 0.1) is 7.11 Å². The van der Waals surface area contributed by atoms with E-state index in [4.69, 9.17) is 5.73 Å². The van der Waals surface area contributed by atoms with Crippen LogP contribution >= 0.6 is 0 Å². The van der Waals surface area contributed by atoms with Crippen LogP contribution in [0, 0.1) is 0 Å². The van der Waals surface area contributed by atoms with Crippen molar-refractivity contribution in [1.29, 1.82) is 0 Å². The molecule has 22 heavy (non-hydrogen) atoms. The first-order valence-corrected chi connectivity index (χ1v) is 7.34. The molecule has 0 saturated heterocycles. The average Bonchev–Trinajstić information content (AvgIpc) is 2.56. The number of rotatable bonds is 9. The van der Waals surface area contributed by atoms with Crippen molar-refractivity contribution in [1.82, 2.24) is 4.90 Å². The second-order valence-corrected chi connectivity index (χ2v) is 5.03. The van der Waals surface area contributed by atoms with Gasteiger partial charge in [0.15, 0.2) is 0 Å². The van der Waals surface area contributed by atoms with Crippen molar-refractivity contribution in [3.05, 3.63) is 48.6 Å². The fourth-order valence-electron chi connectivity index (χ4n) is 2.09. The Morgan fingerprint density at radius 3 is 2.64 bits per heavy atom. The number of methoxy groups -OCH3 is 1. The number of hydrogen-bond acceptors (Lipinski definition) is 4. The molecule has 2 N–H and O–H groups in total. The molecular formula is C17H24N2O3. The highest BCUT2D eigenvalue weighted by Crippen LogP contribution is 2.06. The van der Waals surface area contributed by atoms with E-state index in [0.29, 0.717) is 13.1 Å². The Morgan fingerprint density at radius 1 is 1.36 bits per heavy atom. The topological polar surface area (TPSA) is 72.6 Å². The summed E-state index contributed by atoms with van der Waals surface area (Å²) in [5.41, 5.74) is 6.83. The lowest BCUT2D eigenvalue weighted by Gasteiger charge is -2.22. The number of esters is 1. The van der Waals surface area contributed by atoms with Gasteiger partial charge in [-0.05, 0) is 18.4 Å². The molecule has 0 aliphatic carbocycles. The number of nitrogens with zero attached hydrogens (tertiary/aromatic N) is 1. The van der Waals surface area contributed by atoms with E-state index in [9.17, 15) is 9.59 Å². The highest BCUT2D eigenvalue weighted by atomic mass is 16.5. The Labute approximate surface area is 131 Å². The van der Waals surface area contributed by atoms with Crippen molar-refractivity contribution < 1.29 is 14.3 Å². The summed E-state index contributed by atoms with van der Waals surface area (Å²) in [6.45, 7) is 4.78. The minimum Gasteiger partial charge on any atom is -0.468 e. The molecule has 1 aromatic rings. The number of benzene rings is 1. The third-order valence-electron chi connectivity index (χ3n) is 3.39. The highest BCUT2D eigenvalue weighted by Gasteiger charge is 2.18. The summed E-state index contributed by atoms with van der Waals surface area (Å²) in [5, 5.41) is 0. The SMILES string of the molecule is C=CCN(CCc1ccccc1)C(=O)CC[C@H](N)C(=O)OC. The van der Waals surface area contributed by atoms with Crippen molar-refractivity contribution in [3.63, 3.8) is 0 Å². The largest absolute Gasteiger partial charge is 0.468 e. The van der Waals surface area contributed by atoms with Gasteiger partial charge in [-0.25, -0.2) is 0 Å². The zero-order valence-electron chi connectivity index (χ0n) is 13.0. The van der Waals surface area contributed by atoms with Crippen LogP contribution in [-0.4, -0.2) is 43.0 Å². The Bertz CT molecular complexity index is 488. The van der Waals surface area contributed by atoms with Gasteiger partial charge in [-0.1, -0.05) is 36.4 Å². The number of hydrogen-bond donors (Lipinski definition) is 1. The van der Waals surface area contributed by atoms with Crippen molar-refractivity contribution in [2.45, 2.75) is 25.3 Å². The summed E-state index contributed by atoms with van der Waals surface area (Å²) in [7, 11) is 1.29. The summed E-state index contributed by atoms with van der Waals surface area (Å²) in [5.74, 6) is -0.525. The van der Waals surface area contributed by atoms with Crippen LogP contribution in [0.5, 0.6) is 0 Å². The molecule has 1 atom stereocenters. The number of nitrogens with two attached hydrogens (primary N) is 1. The molecule has 0 aromatic heterocycles. The van der Waals surface area contributed by atoms with Crippen molar-refractivity contribution in [2.75, 3.05) is 20.2 Å². The first-order chi connectivity index (χ1) is 10.6. The van der Waals surface area contributed by atoms with Crippen molar-refractivity contribution in [3.8, 4) is 0 Å². The first-order valence-electron chi connectivity index (χ1n) is 7.34. The Hall–Kier alpha value is -2.14. The maximum atomic E-state index is 12.2. The van der Waals surface area contributed by atoms with E-state index < -0.39 is 12.0 Å². The maximum Gasteiger partial charge on any atom is 0.322 e. The van der Waals surface area contributed by atoms with E-state index in [0.717, 1.165) is 6.42 Å². The lowest BCUT2D eigenvalue weighted by molar-refractivity contribution is -0.142.